The van der Waals surface area contributed by atoms with Crippen molar-refractivity contribution >= 4 is 87.3 Å². The quantitative estimate of drug-likeness (QED) is 0.182. The van der Waals surface area contributed by atoms with Gasteiger partial charge in [-0.15, -0.1) is 0 Å². The van der Waals surface area contributed by atoms with Crippen molar-refractivity contribution in [1.82, 2.24) is 37.9 Å². The van der Waals surface area contributed by atoms with Gasteiger partial charge >= 0.3 is 0 Å². The van der Waals surface area contributed by atoms with Crippen LogP contribution in [0.4, 0.5) is 0 Å². The standard InChI is InChI=1S/C36H20Br2N8/c37-34-40-33(41-35(38)42-34)30-31-27(45-25-17-9-7-11-21(25)19-29(45)43(31)22-12-3-1-4-13-22)20-28-32(30)44(23-14-5-2-6-15-23)36-39-24-16-8-10-18-26(24)46(28)36/h1-20H. The molecule has 0 radical (unpaired) electrons. The van der Waals surface area contributed by atoms with E-state index in [1.807, 2.05) is 18.2 Å². The van der Waals surface area contributed by atoms with Crippen LogP contribution >= 0.6 is 31.9 Å². The fourth-order valence-electron chi connectivity index (χ4n) is 6.91. The maximum Gasteiger partial charge on any atom is 0.220 e. The van der Waals surface area contributed by atoms with Crippen LogP contribution in [-0.4, -0.2) is 37.9 Å². The summed E-state index contributed by atoms with van der Waals surface area (Å²) < 4.78 is 10.0. The van der Waals surface area contributed by atoms with Gasteiger partial charge in [-0.3, -0.25) is 17.9 Å². The van der Waals surface area contributed by atoms with E-state index < -0.39 is 0 Å². The minimum absolute atomic E-state index is 0.442. The van der Waals surface area contributed by atoms with E-state index in [9.17, 15) is 0 Å². The van der Waals surface area contributed by atoms with Gasteiger partial charge in [0.25, 0.3) is 0 Å². The maximum atomic E-state index is 5.20. The molecule has 10 rings (SSSR count). The number of imidazole rings is 3. The van der Waals surface area contributed by atoms with Gasteiger partial charge in [0, 0.05) is 16.8 Å². The largest absolute Gasteiger partial charge is 0.293 e. The average Bonchev–Trinajstić information content (AvgIpc) is 3.80. The Morgan fingerprint density at radius 1 is 0.478 bits per heavy atom. The molecule has 0 bridgehead atoms. The van der Waals surface area contributed by atoms with Gasteiger partial charge in [0.15, 0.2) is 5.82 Å². The third-order valence-electron chi connectivity index (χ3n) is 8.66. The third-order valence-corrected chi connectivity index (χ3v) is 9.37. The van der Waals surface area contributed by atoms with E-state index in [1.54, 1.807) is 0 Å². The molecule has 0 unspecified atom stereocenters. The molecule has 0 aliphatic rings. The van der Waals surface area contributed by atoms with E-state index in [0.717, 1.165) is 72.4 Å². The molecular weight excluding hydrogens is 704 g/mol. The van der Waals surface area contributed by atoms with Crippen LogP contribution in [0.15, 0.2) is 131 Å². The van der Waals surface area contributed by atoms with Crippen LogP contribution < -0.4 is 0 Å². The summed E-state index contributed by atoms with van der Waals surface area (Å²) in [5.74, 6) is 1.34. The van der Waals surface area contributed by atoms with Crippen molar-refractivity contribution in [3.8, 4) is 22.8 Å². The van der Waals surface area contributed by atoms with E-state index in [2.05, 4.69) is 158 Å². The summed E-state index contributed by atoms with van der Waals surface area (Å²) in [6.07, 6.45) is 0. The fraction of sp³-hybridized carbons (Fsp3) is 0. The molecule has 5 aromatic carbocycles. The molecule has 10 aromatic rings. The lowest BCUT2D eigenvalue weighted by molar-refractivity contribution is 0.983. The van der Waals surface area contributed by atoms with Gasteiger partial charge in [0.2, 0.25) is 15.2 Å². The zero-order valence-corrected chi connectivity index (χ0v) is 27.1. The predicted molar refractivity (Wildman–Crippen MR) is 189 cm³/mol. The SMILES string of the molecule is Brc1nc(Br)nc(-c2c3c(cc4c2n(-c2ccccc2)c2nc5ccccc5n42)n2c4ccccc4cc2n3-c2ccccc2)n1. The normalized spacial score (nSPS) is 12.1. The fourth-order valence-corrected chi connectivity index (χ4v) is 7.82. The van der Waals surface area contributed by atoms with Crippen LogP contribution in [0.5, 0.6) is 0 Å². The molecule has 0 fully saturated rings. The first kappa shape index (κ1) is 26.0. The molecule has 0 saturated heterocycles. The van der Waals surface area contributed by atoms with E-state index in [1.165, 1.54) is 0 Å². The molecule has 5 heterocycles. The summed E-state index contributed by atoms with van der Waals surface area (Å²) in [4.78, 5) is 19.4. The monoisotopic (exact) mass is 722 g/mol. The Morgan fingerprint density at radius 3 is 1.80 bits per heavy atom. The van der Waals surface area contributed by atoms with Crippen molar-refractivity contribution in [3.63, 3.8) is 0 Å². The molecule has 0 aliphatic heterocycles. The van der Waals surface area contributed by atoms with Crippen molar-refractivity contribution < 1.29 is 0 Å². The number of aromatic nitrogens is 8. The molecule has 0 spiro atoms. The summed E-state index contributed by atoms with van der Waals surface area (Å²) in [5.41, 5.74) is 10.9. The van der Waals surface area contributed by atoms with Crippen LogP contribution in [0, 0.1) is 0 Å². The van der Waals surface area contributed by atoms with Crippen LogP contribution in [0.3, 0.4) is 0 Å². The lowest BCUT2D eigenvalue weighted by atomic mass is 10.1. The van der Waals surface area contributed by atoms with Gasteiger partial charge in [-0.1, -0.05) is 66.7 Å². The lowest BCUT2D eigenvalue weighted by Crippen LogP contribution is -2.02. The topological polar surface area (TPSA) is 70.2 Å². The van der Waals surface area contributed by atoms with Crippen LogP contribution in [0.25, 0.3) is 78.2 Å². The van der Waals surface area contributed by atoms with E-state index in [4.69, 9.17) is 15.0 Å². The summed E-state index contributed by atoms with van der Waals surface area (Å²) in [6, 6.07) is 42.2. The third kappa shape index (κ3) is 3.53. The Balaban J connectivity index is 1.56. The molecule has 0 amide bonds. The highest BCUT2D eigenvalue weighted by molar-refractivity contribution is 9.11. The van der Waals surface area contributed by atoms with E-state index in [0.29, 0.717) is 15.3 Å². The Bertz CT molecular complexity index is 2640. The maximum absolute atomic E-state index is 5.20. The molecule has 8 nitrogen and oxygen atoms in total. The first-order chi connectivity index (χ1) is 22.7. The highest BCUT2D eigenvalue weighted by atomic mass is 79.9. The minimum atomic E-state index is 0.442. The molecule has 0 aliphatic carbocycles. The molecule has 10 heteroatoms. The summed E-state index contributed by atoms with van der Waals surface area (Å²) >= 11 is 7.11. The number of para-hydroxylation sites is 5. The molecule has 5 aromatic heterocycles. The Hall–Kier alpha value is -5.32. The number of nitrogens with zero attached hydrogens (tertiary/aromatic N) is 8. The second kappa shape index (κ2) is 9.59. The lowest BCUT2D eigenvalue weighted by Gasteiger charge is -2.14. The highest BCUT2D eigenvalue weighted by Gasteiger charge is 2.29. The van der Waals surface area contributed by atoms with Gasteiger partial charge in [0.05, 0.1) is 44.2 Å². The zero-order valence-electron chi connectivity index (χ0n) is 23.9. The second-order valence-corrected chi connectivity index (χ2v) is 12.6. The Labute approximate surface area is 277 Å². The average molecular weight is 724 g/mol. The summed E-state index contributed by atoms with van der Waals surface area (Å²) in [7, 11) is 0. The van der Waals surface area contributed by atoms with Crippen LogP contribution in [0.2, 0.25) is 0 Å². The van der Waals surface area contributed by atoms with Crippen molar-refractivity contribution in [1.29, 1.82) is 0 Å². The van der Waals surface area contributed by atoms with E-state index >= 15 is 0 Å². The van der Waals surface area contributed by atoms with Gasteiger partial charge < -0.3 is 0 Å². The van der Waals surface area contributed by atoms with Crippen molar-refractivity contribution in [2.45, 2.75) is 0 Å². The zero-order chi connectivity index (χ0) is 30.5. The van der Waals surface area contributed by atoms with E-state index in [-0.39, 0.29) is 0 Å². The van der Waals surface area contributed by atoms with Crippen molar-refractivity contribution in [2.75, 3.05) is 0 Å². The molecule has 46 heavy (non-hydrogen) atoms. The number of benzene rings is 5. The number of rotatable bonds is 3. The molecule has 0 saturated carbocycles. The Kier molecular flexibility index (Phi) is 5.41. The molecular formula is C36H20Br2N8. The Morgan fingerprint density at radius 2 is 1.07 bits per heavy atom. The van der Waals surface area contributed by atoms with Gasteiger partial charge in [-0.2, -0.15) is 4.98 Å². The molecule has 0 atom stereocenters. The van der Waals surface area contributed by atoms with Gasteiger partial charge in [-0.05, 0) is 86.5 Å². The van der Waals surface area contributed by atoms with Crippen molar-refractivity contribution in [2.24, 2.45) is 0 Å². The van der Waals surface area contributed by atoms with Crippen LogP contribution in [0.1, 0.15) is 0 Å². The molecule has 0 N–H and O–H groups in total. The number of hydrogen-bond donors (Lipinski definition) is 0. The molecule has 218 valence electrons. The summed E-state index contributed by atoms with van der Waals surface area (Å²) in [6.45, 7) is 0. The number of hydrogen-bond acceptors (Lipinski definition) is 4. The van der Waals surface area contributed by atoms with Gasteiger partial charge in [0.1, 0.15) is 5.65 Å². The second-order valence-electron chi connectivity index (χ2n) is 11.2. The first-order valence-electron chi connectivity index (χ1n) is 14.7. The first-order valence-corrected chi connectivity index (χ1v) is 16.3. The van der Waals surface area contributed by atoms with Crippen LogP contribution in [-0.2, 0) is 0 Å². The number of halogens is 2. The van der Waals surface area contributed by atoms with Gasteiger partial charge in [-0.25, -0.2) is 15.0 Å². The summed E-state index contributed by atoms with van der Waals surface area (Å²) in [5, 5.41) is 1.16. The van der Waals surface area contributed by atoms with Crippen molar-refractivity contribution in [3.05, 3.63) is 131 Å². The minimum Gasteiger partial charge on any atom is -0.293 e. The predicted octanol–water partition coefficient (Wildman–Crippen LogP) is 9.16. The highest BCUT2D eigenvalue weighted by Crippen LogP contribution is 2.43. The number of fused-ring (bicyclic) bond motifs is 10. The smallest absolute Gasteiger partial charge is 0.220 e.